The summed E-state index contributed by atoms with van der Waals surface area (Å²) in [5.41, 5.74) is 8.67. The number of allylic oxidation sites excluding steroid dienone is 2. The van der Waals surface area contributed by atoms with Crippen molar-refractivity contribution >= 4 is 51.6 Å². The van der Waals surface area contributed by atoms with E-state index in [0.717, 1.165) is 128 Å². The number of anilines is 1. The third-order valence-electron chi connectivity index (χ3n) is 15.4. The normalized spacial score (nSPS) is 20.5. The first-order valence-corrected chi connectivity index (χ1v) is 24.8. The number of piperidine rings is 1. The van der Waals surface area contributed by atoms with Gasteiger partial charge in [-0.3, -0.25) is 43.1 Å². The summed E-state index contributed by atoms with van der Waals surface area (Å²) < 4.78 is 25.1. The first kappa shape index (κ1) is 46.9. The Labute approximate surface area is 405 Å². The molecule has 70 heavy (non-hydrogen) atoms. The zero-order valence-electron chi connectivity index (χ0n) is 40.5. The van der Waals surface area contributed by atoms with Gasteiger partial charge in [0, 0.05) is 121 Å². The highest BCUT2D eigenvalue weighted by atomic mass is 19.1. The Hall–Kier alpha value is -6.78. The lowest BCUT2D eigenvalue weighted by atomic mass is 9.84. The third-order valence-corrected chi connectivity index (χ3v) is 15.4. The number of piperazine rings is 1. The minimum absolute atomic E-state index is 0.0203. The molecule has 1 aliphatic carbocycles. The van der Waals surface area contributed by atoms with E-state index in [9.17, 15) is 24.0 Å². The van der Waals surface area contributed by atoms with Gasteiger partial charge in [-0.15, -0.1) is 0 Å². The monoisotopic (exact) mass is 949 g/mol. The van der Waals surface area contributed by atoms with Gasteiger partial charge in [-0.05, 0) is 110 Å². The van der Waals surface area contributed by atoms with Gasteiger partial charge in [0.2, 0.25) is 11.8 Å². The number of hydrogen-bond donors (Lipinski definition) is 2. The number of benzene rings is 2. The standard InChI is InChI=1S/C54H61FN10O5/c1-34-25-39(28-43(55)51(34)38-14-18-61(19-15-38)33-41-30-42-44(13-17-57-52(42)59(41)3)64-20-16-40(56-2)29-50(64)68)48(66)27-35-5-7-36(8-6-35)31-62-21-23-63(24-22-62)32-37-9-10-45-47(26-37)60(4)54(70)65(45)46-11-12-49(67)58-53(46)69/h9-10,13,16-18,20,25-30,36,38,46H,5-8,11-12,14-15,19,21-24,31-33H2,1-4H3,(H-,56,58,67,68,69)/p+1/t36?,38?,46-/m1/s1. The van der Waals surface area contributed by atoms with Crippen LogP contribution >= 0.6 is 0 Å². The quantitative estimate of drug-likeness (QED) is 0.0640. The van der Waals surface area contributed by atoms with Gasteiger partial charge in [-0.1, -0.05) is 11.6 Å². The number of fused-ring (bicyclic) bond motifs is 2. The van der Waals surface area contributed by atoms with Crippen molar-refractivity contribution in [2.24, 2.45) is 20.0 Å². The van der Waals surface area contributed by atoms with Crippen LogP contribution in [0.3, 0.4) is 0 Å². The molecular formula is C54H62FN10O5+. The molecule has 15 nitrogen and oxygen atoms in total. The van der Waals surface area contributed by atoms with Gasteiger partial charge in [-0.2, -0.15) is 0 Å². The molecule has 0 spiro atoms. The number of aryl methyl sites for hydroxylation is 3. The average molecular weight is 950 g/mol. The number of carbonyl (C=O) groups is 3. The number of rotatable bonds is 12. The number of pyridine rings is 2. The molecule has 3 aliphatic heterocycles. The van der Waals surface area contributed by atoms with Crippen LogP contribution in [0.2, 0.25) is 0 Å². The van der Waals surface area contributed by atoms with Crippen LogP contribution in [0.4, 0.5) is 10.1 Å². The molecule has 2 saturated heterocycles. The number of aromatic nitrogens is 5. The summed E-state index contributed by atoms with van der Waals surface area (Å²) in [6, 6.07) is 16.0. The molecule has 1 saturated carbocycles. The SMILES string of the molecule is CNc1ccn(-c2ccnc3c2cc(C[N+]2=CCC(c4c(C)cc(C(=O)C=C5CCC(CN6CCN(Cc7ccc8c(c7)n(C)c(=O)n8[C@@H]7CCC(=O)NC7=O)CC6)CC5)cc4F)CC2)n3C)c(=O)c1. The molecule has 2 N–H and O–H groups in total. The van der Waals surface area contributed by atoms with Crippen LogP contribution in [0.15, 0.2) is 88.2 Å². The number of imide groups is 1. The van der Waals surface area contributed by atoms with Crippen LogP contribution in [-0.2, 0) is 36.8 Å². The molecule has 4 aromatic heterocycles. The molecule has 16 heteroatoms. The van der Waals surface area contributed by atoms with E-state index in [0.29, 0.717) is 41.9 Å². The van der Waals surface area contributed by atoms with E-state index in [-0.39, 0.29) is 41.1 Å². The van der Waals surface area contributed by atoms with Gasteiger partial charge < -0.3 is 14.8 Å². The largest absolute Gasteiger partial charge is 0.388 e. The fourth-order valence-electron chi connectivity index (χ4n) is 11.4. The number of nitrogens with zero attached hydrogens (tertiary/aromatic N) is 8. The fourth-order valence-corrected chi connectivity index (χ4v) is 11.4. The van der Waals surface area contributed by atoms with Crippen molar-refractivity contribution < 1.29 is 23.3 Å². The van der Waals surface area contributed by atoms with Gasteiger partial charge in [0.25, 0.3) is 5.56 Å². The molecule has 10 rings (SSSR count). The molecule has 0 radical (unpaired) electrons. The number of amides is 2. The summed E-state index contributed by atoms with van der Waals surface area (Å²) in [5.74, 6) is -0.583. The lowest BCUT2D eigenvalue weighted by Crippen LogP contribution is -2.47. The van der Waals surface area contributed by atoms with E-state index in [1.165, 1.54) is 10.6 Å². The summed E-state index contributed by atoms with van der Waals surface area (Å²) in [4.78, 5) is 73.7. The maximum absolute atomic E-state index is 16.0. The molecule has 2 amide bonds. The molecule has 6 aromatic rings. The van der Waals surface area contributed by atoms with Gasteiger partial charge in [0.05, 0.1) is 22.4 Å². The second-order valence-corrected chi connectivity index (χ2v) is 19.9. The van der Waals surface area contributed by atoms with Crippen LogP contribution < -0.4 is 21.9 Å². The van der Waals surface area contributed by atoms with Gasteiger partial charge in [-0.25, -0.2) is 18.7 Å². The van der Waals surface area contributed by atoms with Crippen LogP contribution in [-0.4, -0.2) is 108 Å². The van der Waals surface area contributed by atoms with E-state index >= 15 is 4.39 Å². The van der Waals surface area contributed by atoms with Crippen LogP contribution in [0, 0.1) is 18.7 Å². The number of carbonyl (C=O) groups excluding carboxylic acids is 3. The Kier molecular flexibility index (Phi) is 13.1. The maximum atomic E-state index is 16.0. The number of halogens is 1. The highest BCUT2D eigenvalue weighted by molar-refractivity contribution is 6.05. The first-order valence-electron chi connectivity index (χ1n) is 24.8. The summed E-state index contributed by atoms with van der Waals surface area (Å²) in [5, 5.41) is 6.29. The zero-order valence-corrected chi connectivity index (χ0v) is 40.5. The van der Waals surface area contributed by atoms with Crippen molar-refractivity contribution in [3.8, 4) is 5.69 Å². The predicted molar refractivity (Wildman–Crippen MR) is 269 cm³/mol. The Balaban J connectivity index is 0.699. The third kappa shape index (κ3) is 9.33. The molecule has 7 heterocycles. The molecule has 3 fully saturated rings. The lowest BCUT2D eigenvalue weighted by Gasteiger charge is -2.37. The smallest absolute Gasteiger partial charge is 0.329 e. The van der Waals surface area contributed by atoms with Crippen LogP contribution in [0.1, 0.15) is 96.1 Å². The lowest BCUT2D eigenvalue weighted by molar-refractivity contribution is -0.545. The number of ketones is 1. The van der Waals surface area contributed by atoms with Crippen LogP contribution in [0.25, 0.3) is 27.8 Å². The van der Waals surface area contributed by atoms with Gasteiger partial charge >= 0.3 is 5.69 Å². The predicted octanol–water partition coefficient (Wildman–Crippen LogP) is 6.12. The average Bonchev–Trinajstić information content (AvgIpc) is 3.80. The molecular weight excluding hydrogens is 888 g/mol. The highest BCUT2D eigenvalue weighted by Gasteiger charge is 2.32. The second-order valence-electron chi connectivity index (χ2n) is 19.9. The molecule has 4 aliphatic rings. The highest BCUT2D eigenvalue weighted by Crippen LogP contribution is 2.34. The second kappa shape index (κ2) is 19.5. The minimum atomic E-state index is -0.698. The first-order chi connectivity index (χ1) is 33.8. The summed E-state index contributed by atoms with van der Waals surface area (Å²) in [6.07, 6.45) is 13.3. The van der Waals surface area contributed by atoms with Gasteiger partial charge in [0.15, 0.2) is 12.3 Å². The van der Waals surface area contributed by atoms with E-state index in [1.807, 2.05) is 50.4 Å². The summed E-state index contributed by atoms with van der Waals surface area (Å²) in [6.45, 7) is 8.99. The molecule has 364 valence electrons. The Morgan fingerprint density at radius 1 is 0.900 bits per heavy atom. The molecule has 2 aromatic carbocycles. The van der Waals surface area contributed by atoms with E-state index < -0.39 is 11.9 Å². The van der Waals surface area contributed by atoms with Crippen molar-refractivity contribution in [3.05, 3.63) is 133 Å². The summed E-state index contributed by atoms with van der Waals surface area (Å²) >= 11 is 0. The van der Waals surface area contributed by atoms with Gasteiger partial charge in [0.1, 0.15) is 30.3 Å². The van der Waals surface area contributed by atoms with Crippen molar-refractivity contribution in [1.82, 2.24) is 38.4 Å². The molecule has 2 atom stereocenters. The number of imidazole rings is 1. The number of hydrogen-bond acceptors (Lipinski definition) is 9. The van der Waals surface area contributed by atoms with E-state index in [4.69, 9.17) is 0 Å². The van der Waals surface area contributed by atoms with Crippen LogP contribution in [0.5, 0.6) is 0 Å². The maximum Gasteiger partial charge on any atom is 0.329 e. The zero-order chi connectivity index (χ0) is 48.8. The minimum Gasteiger partial charge on any atom is -0.388 e. The number of nitrogens with one attached hydrogen (secondary N) is 2. The molecule has 1 unspecified atom stereocenters. The van der Waals surface area contributed by atoms with E-state index in [2.05, 4.69) is 46.8 Å². The van der Waals surface area contributed by atoms with E-state index in [1.54, 1.807) is 47.8 Å². The fraction of sp³-hybridized carbons (Fsp3) is 0.426. The molecule has 0 bridgehead atoms. The van der Waals surface area contributed by atoms with Crippen molar-refractivity contribution in [2.45, 2.75) is 83.3 Å². The topological polar surface area (TPSA) is 152 Å². The summed E-state index contributed by atoms with van der Waals surface area (Å²) in [7, 11) is 5.51. The Bertz CT molecular complexity index is 3210. The van der Waals surface area contributed by atoms with Crippen molar-refractivity contribution in [2.75, 3.05) is 51.6 Å². The Morgan fingerprint density at radius 2 is 1.69 bits per heavy atom. The Morgan fingerprint density at radius 3 is 2.40 bits per heavy atom. The van der Waals surface area contributed by atoms with Crippen molar-refractivity contribution in [1.29, 1.82) is 0 Å². The van der Waals surface area contributed by atoms with Crippen molar-refractivity contribution in [3.63, 3.8) is 0 Å².